The first kappa shape index (κ1) is 25.9. The molecule has 3 aromatic rings. The number of anilines is 3. The lowest BCUT2D eigenvalue weighted by molar-refractivity contribution is -0.131. The number of rotatable bonds is 8. The van der Waals surface area contributed by atoms with E-state index >= 15 is 0 Å². The van der Waals surface area contributed by atoms with Crippen LogP contribution in [0.15, 0.2) is 36.8 Å². The Morgan fingerprint density at radius 2 is 1.95 bits per heavy atom. The van der Waals surface area contributed by atoms with E-state index in [2.05, 4.69) is 20.3 Å². The summed E-state index contributed by atoms with van der Waals surface area (Å²) in [6, 6.07) is 5.60. The van der Waals surface area contributed by atoms with E-state index in [-0.39, 0.29) is 11.3 Å². The lowest BCUT2D eigenvalue weighted by atomic mass is 9.72. The number of hydrogen-bond donors (Lipinski definition) is 2. The number of carbonyl (C=O) groups is 1. The van der Waals surface area contributed by atoms with Crippen LogP contribution in [-0.4, -0.2) is 79.0 Å². The lowest BCUT2D eigenvalue weighted by Gasteiger charge is -2.54. The number of pyridine rings is 1. The van der Waals surface area contributed by atoms with Crippen molar-refractivity contribution in [2.24, 2.45) is 5.41 Å². The molecule has 3 aromatic heterocycles. The topological polar surface area (TPSA) is 122 Å². The second-order valence-electron chi connectivity index (χ2n) is 11.0. The molecular weight excluding hydrogens is 484 g/mol. The smallest absolute Gasteiger partial charge is 0.219 e. The summed E-state index contributed by atoms with van der Waals surface area (Å²) in [7, 11) is 0. The van der Waals surface area contributed by atoms with Crippen molar-refractivity contribution in [3.63, 3.8) is 0 Å². The third-order valence-electron chi connectivity index (χ3n) is 7.10. The lowest BCUT2D eigenvalue weighted by Crippen LogP contribution is -2.61. The summed E-state index contributed by atoms with van der Waals surface area (Å²) in [6.45, 7) is 11.4. The second-order valence-corrected chi connectivity index (χ2v) is 11.0. The highest BCUT2D eigenvalue weighted by atomic mass is 16.5. The van der Waals surface area contributed by atoms with E-state index in [0.29, 0.717) is 30.6 Å². The van der Waals surface area contributed by atoms with Gasteiger partial charge in [0.05, 0.1) is 30.5 Å². The van der Waals surface area contributed by atoms with E-state index in [9.17, 15) is 9.90 Å². The van der Waals surface area contributed by atoms with Gasteiger partial charge in [0.2, 0.25) is 5.91 Å². The molecule has 0 bridgehead atoms. The SMILES string of the molecule is CCOc1ccnc(Nc2cc(N3CC4(CCN(C(C)=O)CC4)C3)nc(-c3cnn(CC(C)(C)O)c3)n2)c1. The average Bonchev–Trinajstić information content (AvgIpc) is 3.30. The highest BCUT2D eigenvalue weighted by molar-refractivity contribution is 5.73. The Balaban J connectivity index is 1.40. The van der Waals surface area contributed by atoms with Crippen molar-refractivity contribution >= 4 is 23.4 Å². The molecule has 5 heterocycles. The van der Waals surface area contributed by atoms with Gasteiger partial charge in [-0.3, -0.25) is 9.48 Å². The van der Waals surface area contributed by atoms with Gasteiger partial charge < -0.3 is 25.0 Å². The first-order chi connectivity index (χ1) is 18.1. The summed E-state index contributed by atoms with van der Waals surface area (Å²) in [6.07, 6.45) is 7.28. The van der Waals surface area contributed by atoms with Crippen LogP contribution in [0.1, 0.15) is 40.5 Å². The standard InChI is InChI=1S/C27H36N8O3/c1-5-38-21-6-9-28-22(12-21)30-23-13-24(34-17-27(18-34)7-10-33(11-8-27)19(2)36)32-25(31-23)20-14-29-35(15-20)16-26(3,4)37/h6,9,12-15,37H,5,7-8,10-11,16-18H2,1-4H3,(H,28,30,31,32). The third kappa shape index (κ3) is 5.88. The fourth-order valence-corrected chi connectivity index (χ4v) is 5.16. The Hall–Kier alpha value is -3.73. The Kier molecular flexibility index (Phi) is 6.95. The normalized spacial score (nSPS) is 16.9. The van der Waals surface area contributed by atoms with Crippen LogP contribution in [0.5, 0.6) is 5.75 Å². The Morgan fingerprint density at radius 3 is 2.63 bits per heavy atom. The quantitative estimate of drug-likeness (QED) is 0.461. The molecule has 0 saturated carbocycles. The Morgan fingerprint density at radius 1 is 1.18 bits per heavy atom. The number of hydrogen-bond acceptors (Lipinski definition) is 9. The van der Waals surface area contributed by atoms with Crippen LogP contribution in [0.4, 0.5) is 17.5 Å². The molecule has 11 heteroatoms. The van der Waals surface area contributed by atoms with Gasteiger partial charge in [0, 0.05) is 63.0 Å². The van der Waals surface area contributed by atoms with E-state index in [0.717, 1.165) is 56.2 Å². The number of aliphatic hydroxyl groups is 1. The largest absolute Gasteiger partial charge is 0.494 e. The van der Waals surface area contributed by atoms with Crippen LogP contribution in [0.25, 0.3) is 11.4 Å². The molecule has 2 aliphatic rings. The molecule has 5 rings (SSSR count). The summed E-state index contributed by atoms with van der Waals surface area (Å²) in [5, 5.41) is 17.9. The van der Waals surface area contributed by atoms with Crippen molar-refractivity contribution in [3.05, 3.63) is 36.8 Å². The second kappa shape index (κ2) is 10.2. The predicted molar refractivity (Wildman–Crippen MR) is 144 cm³/mol. The molecule has 2 N–H and O–H groups in total. The molecule has 2 aliphatic heterocycles. The summed E-state index contributed by atoms with van der Waals surface area (Å²) in [5.74, 6) is 3.50. The molecular formula is C27H36N8O3. The minimum atomic E-state index is -0.889. The summed E-state index contributed by atoms with van der Waals surface area (Å²) >= 11 is 0. The number of aromatic nitrogens is 5. The molecule has 2 fully saturated rings. The van der Waals surface area contributed by atoms with Gasteiger partial charge in [-0.15, -0.1) is 0 Å². The van der Waals surface area contributed by atoms with Gasteiger partial charge in [-0.05, 0) is 39.7 Å². The number of ether oxygens (including phenoxy) is 1. The molecule has 202 valence electrons. The number of likely N-dealkylation sites (tertiary alicyclic amines) is 1. The van der Waals surface area contributed by atoms with Gasteiger partial charge in [-0.2, -0.15) is 5.10 Å². The monoisotopic (exact) mass is 520 g/mol. The number of carbonyl (C=O) groups excluding carboxylic acids is 1. The fourth-order valence-electron chi connectivity index (χ4n) is 5.16. The van der Waals surface area contributed by atoms with Crippen LogP contribution in [0, 0.1) is 5.41 Å². The van der Waals surface area contributed by atoms with Crippen molar-refractivity contribution in [1.29, 1.82) is 0 Å². The van der Waals surface area contributed by atoms with Crippen LogP contribution in [0.2, 0.25) is 0 Å². The molecule has 2 saturated heterocycles. The van der Waals surface area contributed by atoms with Gasteiger partial charge in [-0.1, -0.05) is 0 Å². The van der Waals surface area contributed by atoms with Crippen LogP contribution in [0.3, 0.4) is 0 Å². The van der Waals surface area contributed by atoms with Crippen molar-refractivity contribution in [2.75, 3.05) is 43.0 Å². The highest BCUT2D eigenvalue weighted by Gasteiger charge is 2.45. The maximum absolute atomic E-state index is 11.8. The third-order valence-corrected chi connectivity index (χ3v) is 7.10. The Bertz CT molecular complexity index is 1290. The molecule has 0 aromatic carbocycles. The van der Waals surface area contributed by atoms with Gasteiger partial charge in [0.25, 0.3) is 0 Å². The van der Waals surface area contributed by atoms with Crippen molar-refractivity contribution < 1.29 is 14.6 Å². The van der Waals surface area contributed by atoms with Crippen LogP contribution >= 0.6 is 0 Å². The number of nitrogens with zero attached hydrogens (tertiary/aromatic N) is 7. The molecule has 0 unspecified atom stereocenters. The number of nitrogens with one attached hydrogen (secondary N) is 1. The molecule has 0 atom stereocenters. The van der Waals surface area contributed by atoms with Crippen molar-refractivity contribution in [2.45, 2.75) is 52.7 Å². The zero-order valence-corrected chi connectivity index (χ0v) is 22.5. The van der Waals surface area contributed by atoms with Crippen molar-refractivity contribution in [3.8, 4) is 17.1 Å². The zero-order chi connectivity index (χ0) is 26.9. The first-order valence-electron chi connectivity index (χ1n) is 13.1. The maximum Gasteiger partial charge on any atom is 0.219 e. The summed E-state index contributed by atoms with van der Waals surface area (Å²) in [5.41, 5.74) is 0.0929. The van der Waals surface area contributed by atoms with Gasteiger partial charge in [0.1, 0.15) is 23.2 Å². The fraction of sp³-hybridized carbons (Fsp3) is 0.519. The predicted octanol–water partition coefficient (Wildman–Crippen LogP) is 3.10. The maximum atomic E-state index is 11.8. The molecule has 0 radical (unpaired) electrons. The highest BCUT2D eigenvalue weighted by Crippen LogP contribution is 2.42. The van der Waals surface area contributed by atoms with Gasteiger partial charge >= 0.3 is 0 Å². The van der Waals surface area contributed by atoms with Gasteiger partial charge in [0.15, 0.2) is 5.82 Å². The molecule has 1 amide bonds. The van der Waals surface area contributed by atoms with Crippen LogP contribution in [-0.2, 0) is 11.3 Å². The molecule has 1 spiro atoms. The minimum absolute atomic E-state index is 0.152. The van der Waals surface area contributed by atoms with E-state index in [1.165, 1.54) is 0 Å². The number of amides is 1. The van der Waals surface area contributed by atoms with Crippen LogP contribution < -0.4 is 15.0 Å². The molecule has 11 nitrogen and oxygen atoms in total. The zero-order valence-electron chi connectivity index (χ0n) is 22.5. The average molecular weight is 521 g/mol. The summed E-state index contributed by atoms with van der Waals surface area (Å²) in [4.78, 5) is 30.0. The first-order valence-corrected chi connectivity index (χ1v) is 13.1. The van der Waals surface area contributed by atoms with E-state index in [1.54, 1.807) is 37.8 Å². The Labute approximate surface area is 222 Å². The van der Waals surface area contributed by atoms with E-state index in [1.807, 2.05) is 36.2 Å². The molecule has 0 aliphatic carbocycles. The van der Waals surface area contributed by atoms with Gasteiger partial charge in [-0.25, -0.2) is 15.0 Å². The minimum Gasteiger partial charge on any atom is -0.494 e. The number of piperidine rings is 1. The van der Waals surface area contributed by atoms with E-state index in [4.69, 9.17) is 14.7 Å². The molecule has 38 heavy (non-hydrogen) atoms. The van der Waals surface area contributed by atoms with Crippen molar-refractivity contribution in [1.82, 2.24) is 29.6 Å². The summed E-state index contributed by atoms with van der Waals surface area (Å²) < 4.78 is 7.32. The van der Waals surface area contributed by atoms with E-state index < -0.39 is 5.60 Å².